The van der Waals surface area contributed by atoms with E-state index in [1.54, 1.807) is 0 Å². The number of nitrogens with one attached hydrogen (secondary N) is 1. The molecular weight excluding hydrogens is 298 g/mol. The molecule has 1 aliphatic rings. The van der Waals surface area contributed by atoms with Gasteiger partial charge in [-0.25, -0.2) is 0 Å². The molecule has 1 aliphatic heterocycles. The number of aromatic nitrogens is 2. The van der Waals surface area contributed by atoms with Crippen LogP contribution < -0.4 is 5.32 Å². The van der Waals surface area contributed by atoms with Gasteiger partial charge in [-0.05, 0) is 13.5 Å². The Hall–Kier alpha value is 0.160. The third-order valence-electron chi connectivity index (χ3n) is 3.43. The molecule has 19 heavy (non-hydrogen) atoms. The summed E-state index contributed by atoms with van der Waals surface area (Å²) in [6.07, 6.45) is 0.961. The monoisotopic (exact) mass is 319 g/mol. The fourth-order valence-corrected chi connectivity index (χ4v) is 5.57. The standard InChI is InChI=1S/C13H22ClN3S2/c1-4-15-10(12-8-18-5-6-19-12)7-11-13(14)9(2)16-17(11)3/h10,12,15H,4-8H2,1-3H3. The zero-order chi connectivity index (χ0) is 13.8. The normalized spacial score (nSPS) is 21.6. The molecule has 0 amide bonds. The van der Waals surface area contributed by atoms with Crippen LogP contribution >= 0.6 is 35.1 Å². The molecule has 0 aliphatic carbocycles. The Bertz CT molecular complexity index is 416. The van der Waals surface area contributed by atoms with Crippen molar-refractivity contribution in [2.75, 3.05) is 23.8 Å². The largest absolute Gasteiger partial charge is 0.313 e. The molecule has 2 heterocycles. The Morgan fingerprint density at radius 2 is 2.32 bits per heavy atom. The summed E-state index contributed by atoms with van der Waals surface area (Å²) in [5.74, 6) is 3.78. The quantitative estimate of drug-likeness (QED) is 0.904. The zero-order valence-electron chi connectivity index (χ0n) is 11.8. The lowest BCUT2D eigenvalue weighted by atomic mass is 10.1. The first-order chi connectivity index (χ1) is 9.13. The van der Waals surface area contributed by atoms with E-state index in [9.17, 15) is 0 Å². The van der Waals surface area contributed by atoms with Gasteiger partial charge in [-0.2, -0.15) is 28.6 Å². The van der Waals surface area contributed by atoms with Gasteiger partial charge in [0.1, 0.15) is 0 Å². The third kappa shape index (κ3) is 3.84. The van der Waals surface area contributed by atoms with Gasteiger partial charge in [0, 0.05) is 42.0 Å². The topological polar surface area (TPSA) is 29.9 Å². The number of aryl methyl sites for hydroxylation is 2. The van der Waals surface area contributed by atoms with Gasteiger partial charge in [0.15, 0.2) is 0 Å². The molecule has 3 nitrogen and oxygen atoms in total. The van der Waals surface area contributed by atoms with Crippen LogP contribution in [0.5, 0.6) is 0 Å². The second-order valence-corrected chi connectivity index (χ2v) is 7.70. The lowest BCUT2D eigenvalue weighted by molar-refractivity contribution is 0.505. The highest BCUT2D eigenvalue weighted by molar-refractivity contribution is 8.06. The van der Waals surface area contributed by atoms with Gasteiger partial charge in [-0.3, -0.25) is 4.68 Å². The highest BCUT2D eigenvalue weighted by Gasteiger charge is 2.26. The van der Waals surface area contributed by atoms with E-state index < -0.39 is 0 Å². The number of thioether (sulfide) groups is 2. The van der Waals surface area contributed by atoms with Gasteiger partial charge in [-0.15, -0.1) is 0 Å². The summed E-state index contributed by atoms with van der Waals surface area (Å²) in [7, 11) is 1.99. The summed E-state index contributed by atoms with van der Waals surface area (Å²) in [6, 6.07) is 0.482. The van der Waals surface area contributed by atoms with E-state index in [-0.39, 0.29) is 0 Å². The SMILES string of the molecule is CCNC(Cc1c(Cl)c(C)nn1C)C1CSCCS1. The predicted molar refractivity (Wildman–Crippen MR) is 87.7 cm³/mol. The number of nitrogens with zero attached hydrogens (tertiary/aromatic N) is 2. The van der Waals surface area contributed by atoms with Crippen molar-refractivity contribution in [2.24, 2.45) is 7.05 Å². The smallest absolute Gasteiger partial charge is 0.0847 e. The van der Waals surface area contributed by atoms with Crippen LogP contribution in [0.2, 0.25) is 5.02 Å². The fraction of sp³-hybridized carbons (Fsp3) is 0.769. The zero-order valence-corrected chi connectivity index (χ0v) is 14.2. The predicted octanol–water partition coefficient (Wildman–Crippen LogP) is 2.75. The van der Waals surface area contributed by atoms with E-state index in [2.05, 4.69) is 40.9 Å². The van der Waals surface area contributed by atoms with Gasteiger partial charge in [0.25, 0.3) is 0 Å². The van der Waals surface area contributed by atoms with Crippen molar-refractivity contribution in [1.82, 2.24) is 15.1 Å². The number of likely N-dealkylation sites (N-methyl/N-ethyl adjacent to an activating group) is 1. The maximum atomic E-state index is 6.37. The van der Waals surface area contributed by atoms with E-state index >= 15 is 0 Å². The van der Waals surface area contributed by atoms with Crippen LogP contribution in [-0.2, 0) is 13.5 Å². The van der Waals surface area contributed by atoms with Crippen molar-refractivity contribution in [2.45, 2.75) is 31.6 Å². The first-order valence-electron chi connectivity index (χ1n) is 6.74. The number of hydrogen-bond donors (Lipinski definition) is 1. The van der Waals surface area contributed by atoms with Gasteiger partial charge < -0.3 is 5.32 Å². The average molecular weight is 320 g/mol. The van der Waals surface area contributed by atoms with Crippen molar-refractivity contribution in [1.29, 1.82) is 0 Å². The molecule has 6 heteroatoms. The molecule has 1 aromatic rings. The minimum atomic E-state index is 0.482. The van der Waals surface area contributed by atoms with Crippen LogP contribution in [0.3, 0.4) is 0 Å². The Labute approximate surface area is 129 Å². The molecule has 1 N–H and O–H groups in total. The van der Waals surface area contributed by atoms with Gasteiger partial charge in [-0.1, -0.05) is 18.5 Å². The lowest BCUT2D eigenvalue weighted by Gasteiger charge is -2.30. The molecule has 1 saturated heterocycles. The summed E-state index contributed by atoms with van der Waals surface area (Å²) < 4.78 is 1.93. The van der Waals surface area contributed by atoms with Crippen molar-refractivity contribution in [3.05, 3.63) is 16.4 Å². The van der Waals surface area contributed by atoms with Crippen molar-refractivity contribution in [3.63, 3.8) is 0 Å². The maximum Gasteiger partial charge on any atom is 0.0847 e. The molecule has 1 fully saturated rings. The number of rotatable bonds is 5. The molecule has 0 saturated carbocycles. The van der Waals surface area contributed by atoms with E-state index in [4.69, 9.17) is 11.6 Å². The number of halogens is 1. The lowest BCUT2D eigenvalue weighted by Crippen LogP contribution is -2.43. The van der Waals surface area contributed by atoms with Gasteiger partial charge in [0.2, 0.25) is 0 Å². The molecular formula is C13H22ClN3S2. The Kier molecular flexibility index (Phi) is 5.93. The molecule has 2 atom stereocenters. The summed E-state index contributed by atoms with van der Waals surface area (Å²) in [5.41, 5.74) is 2.08. The molecule has 0 spiro atoms. The van der Waals surface area contributed by atoms with E-state index in [1.807, 2.05) is 18.7 Å². The third-order valence-corrected chi connectivity index (χ3v) is 6.84. The maximum absolute atomic E-state index is 6.37. The van der Waals surface area contributed by atoms with Crippen molar-refractivity contribution >= 4 is 35.1 Å². The molecule has 108 valence electrons. The molecule has 2 unspecified atom stereocenters. The summed E-state index contributed by atoms with van der Waals surface area (Å²) >= 11 is 10.5. The Balaban J connectivity index is 2.11. The van der Waals surface area contributed by atoms with E-state index in [0.29, 0.717) is 11.3 Å². The Morgan fingerprint density at radius 1 is 1.53 bits per heavy atom. The highest BCUT2D eigenvalue weighted by Crippen LogP contribution is 2.29. The van der Waals surface area contributed by atoms with Gasteiger partial charge >= 0.3 is 0 Å². The fourth-order valence-electron chi connectivity index (χ4n) is 2.45. The minimum absolute atomic E-state index is 0.482. The second-order valence-electron chi connectivity index (χ2n) is 4.82. The number of hydrogen-bond acceptors (Lipinski definition) is 4. The summed E-state index contributed by atoms with van der Waals surface area (Å²) in [5, 5.41) is 9.55. The highest BCUT2D eigenvalue weighted by atomic mass is 35.5. The molecule has 0 radical (unpaired) electrons. The van der Waals surface area contributed by atoms with Crippen LogP contribution in [0.4, 0.5) is 0 Å². The molecule has 0 aromatic carbocycles. The second kappa shape index (κ2) is 7.25. The van der Waals surface area contributed by atoms with Crippen molar-refractivity contribution < 1.29 is 0 Å². The molecule has 0 bridgehead atoms. The Morgan fingerprint density at radius 3 is 2.84 bits per heavy atom. The summed E-state index contributed by atoms with van der Waals surface area (Å²) in [6.45, 7) is 5.14. The van der Waals surface area contributed by atoms with Crippen LogP contribution in [0.25, 0.3) is 0 Å². The minimum Gasteiger partial charge on any atom is -0.313 e. The van der Waals surface area contributed by atoms with Crippen LogP contribution in [0.15, 0.2) is 0 Å². The van der Waals surface area contributed by atoms with E-state index in [0.717, 1.165) is 29.4 Å². The van der Waals surface area contributed by atoms with Crippen LogP contribution in [0, 0.1) is 6.92 Å². The van der Waals surface area contributed by atoms with Crippen molar-refractivity contribution in [3.8, 4) is 0 Å². The van der Waals surface area contributed by atoms with Gasteiger partial charge in [0.05, 0.1) is 16.4 Å². The summed E-state index contributed by atoms with van der Waals surface area (Å²) in [4.78, 5) is 0. The van der Waals surface area contributed by atoms with E-state index in [1.165, 1.54) is 17.3 Å². The van der Waals surface area contributed by atoms with Crippen LogP contribution in [-0.4, -0.2) is 44.9 Å². The first kappa shape index (κ1) is 15.5. The average Bonchev–Trinajstić information content (AvgIpc) is 2.65. The molecule has 1 aromatic heterocycles. The molecule has 2 rings (SSSR count). The first-order valence-corrected chi connectivity index (χ1v) is 9.32. The van der Waals surface area contributed by atoms with Crippen LogP contribution in [0.1, 0.15) is 18.3 Å².